The minimum Gasteiger partial charge on any atom is -0.481 e. The first-order valence-electron chi connectivity index (χ1n) is 5.35. The van der Waals surface area contributed by atoms with E-state index in [9.17, 15) is 9.59 Å². The monoisotopic (exact) mass is 236 g/mol. The molecule has 17 heavy (non-hydrogen) atoms. The number of carboxylic acids is 2. The molecule has 1 rings (SSSR count). The maximum Gasteiger partial charge on any atom is 0.307 e. The third-order valence-corrected chi connectivity index (χ3v) is 2.95. The van der Waals surface area contributed by atoms with Gasteiger partial charge in [-0.05, 0) is 48.6 Å². The van der Waals surface area contributed by atoms with Crippen molar-refractivity contribution in [3.63, 3.8) is 0 Å². The van der Waals surface area contributed by atoms with Crippen LogP contribution in [0, 0.1) is 20.8 Å². The zero-order valence-corrected chi connectivity index (χ0v) is 10.2. The summed E-state index contributed by atoms with van der Waals surface area (Å²) >= 11 is 0. The maximum absolute atomic E-state index is 10.8. The molecule has 0 heterocycles. The molecule has 4 heteroatoms. The molecule has 92 valence electrons. The SMILES string of the molecule is Cc1cc(C)c(CC(=O)O)c(C)c1CC(=O)O. The Kier molecular flexibility index (Phi) is 3.89. The standard InChI is InChI=1S/C13H16O4/c1-7-4-8(2)11(6-13(16)17)9(3)10(7)5-12(14)15/h4H,5-6H2,1-3H3,(H,14,15)(H,16,17). The van der Waals surface area contributed by atoms with Crippen LogP contribution in [0.3, 0.4) is 0 Å². The summed E-state index contributed by atoms with van der Waals surface area (Å²) in [6.45, 7) is 5.49. The lowest BCUT2D eigenvalue weighted by Crippen LogP contribution is -2.10. The highest BCUT2D eigenvalue weighted by Crippen LogP contribution is 2.23. The number of benzene rings is 1. The van der Waals surface area contributed by atoms with Crippen molar-refractivity contribution in [3.8, 4) is 0 Å². The number of carboxylic acid groups (broad SMARTS) is 2. The summed E-state index contributed by atoms with van der Waals surface area (Å²) in [5.41, 5.74) is 4.03. The molecule has 0 radical (unpaired) electrons. The molecule has 0 atom stereocenters. The first-order chi connectivity index (χ1) is 7.82. The van der Waals surface area contributed by atoms with Crippen LogP contribution in [-0.4, -0.2) is 22.2 Å². The molecular formula is C13H16O4. The molecular weight excluding hydrogens is 220 g/mol. The molecule has 2 N–H and O–H groups in total. The molecule has 0 aliphatic rings. The fourth-order valence-corrected chi connectivity index (χ4v) is 2.12. The zero-order valence-electron chi connectivity index (χ0n) is 10.2. The predicted molar refractivity (Wildman–Crippen MR) is 63.3 cm³/mol. The van der Waals surface area contributed by atoms with Gasteiger partial charge in [0.25, 0.3) is 0 Å². The number of hydrogen-bond donors (Lipinski definition) is 2. The van der Waals surface area contributed by atoms with E-state index in [1.807, 2.05) is 19.9 Å². The third kappa shape index (κ3) is 3.06. The highest BCUT2D eigenvalue weighted by atomic mass is 16.4. The average molecular weight is 236 g/mol. The molecule has 0 saturated carbocycles. The second-order valence-corrected chi connectivity index (χ2v) is 4.23. The van der Waals surface area contributed by atoms with Crippen LogP contribution >= 0.6 is 0 Å². The van der Waals surface area contributed by atoms with E-state index in [1.165, 1.54) is 0 Å². The molecule has 0 aliphatic heterocycles. The Labute approximate surface area is 99.9 Å². The van der Waals surface area contributed by atoms with Crippen LogP contribution in [0.1, 0.15) is 27.8 Å². The highest BCUT2D eigenvalue weighted by molar-refractivity contribution is 5.74. The van der Waals surface area contributed by atoms with Crippen molar-refractivity contribution in [2.45, 2.75) is 33.6 Å². The second-order valence-electron chi connectivity index (χ2n) is 4.23. The van der Waals surface area contributed by atoms with Crippen molar-refractivity contribution in [2.24, 2.45) is 0 Å². The van der Waals surface area contributed by atoms with Crippen molar-refractivity contribution in [3.05, 3.63) is 33.9 Å². The van der Waals surface area contributed by atoms with Gasteiger partial charge in [-0.2, -0.15) is 0 Å². The van der Waals surface area contributed by atoms with Gasteiger partial charge in [-0.1, -0.05) is 6.07 Å². The smallest absolute Gasteiger partial charge is 0.307 e. The van der Waals surface area contributed by atoms with Crippen LogP contribution in [-0.2, 0) is 22.4 Å². The summed E-state index contributed by atoms with van der Waals surface area (Å²) in [4.78, 5) is 21.6. The fraction of sp³-hybridized carbons (Fsp3) is 0.385. The lowest BCUT2D eigenvalue weighted by molar-refractivity contribution is -0.137. The van der Waals surface area contributed by atoms with Crippen LogP contribution < -0.4 is 0 Å². The number of aliphatic carboxylic acids is 2. The molecule has 1 aromatic rings. The molecule has 0 fully saturated rings. The van der Waals surface area contributed by atoms with Crippen molar-refractivity contribution < 1.29 is 19.8 Å². The molecule has 0 bridgehead atoms. The van der Waals surface area contributed by atoms with E-state index in [2.05, 4.69) is 0 Å². The zero-order chi connectivity index (χ0) is 13.2. The quantitative estimate of drug-likeness (QED) is 0.836. The van der Waals surface area contributed by atoms with Gasteiger partial charge in [-0.25, -0.2) is 0 Å². The molecule has 0 aromatic heterocycles. The Morgan fingerprint density at radius 3 is 1.59 bits per heavy atom. The van der Waals surface area contributed by atoms with Crippen LogP contribution in [0.15, 0.2) is 6.07 Å². The minimum absolute atomic E-state index is 0.0649. The van der Waals surface area contributed by atoms with Gasteiger partial charge in [0, 0.05) is 0 Å². The van der Waals surface area contributed by atoms with Crippen LogP contribution in [0.2, 0.25) is 0 Å². The average Bonchev–Trinajstić information content (AvgIpc) is 2.18. The summed E-state index contributed by atoms with van der Waals surface area (Å²) in [6, 6.07) is 1.85. The number of rotatable bonds is 4. The van der Waals surface area contributed by atoms with Gasteiger partial charge in [0.15, 0.2) is 0 Å². The van der Waals surface area contributed by atoms with Gasteiger partial charge in [0.05, 0.1) is 12.8 Å². The van der Waals surface area contributed by atoms with Gasteiger partial charge in [0.1, 0.15) is 0 Å². The molecule has 1 aromatic carbocycles. The van der Waals surface area contributed by atoms with E-state index < -0.39 is 11.9 Å². The number of aryl methyl sites for hydroxylation is 2. The van der Waals surface area contributed by atoms with Crippen molar-refractivity contribution in [1.29, 1.82) is 0 Å². The molecule has 0 amide bonds. The Hall–Kier alpha value is -1.84. The summed E-state index contributed by atoms with van der Waals surface area (Å²) in [6.07, 6.45) is -0.130. The molecule has 0 spiro atoms. The Bertz CT molecular complexity index is 435. The van der Waals surface area contributed by atoms with E-state index in [0.29, 0.717) is 0 Å². The molecule has 0 saturated heterocycles. The van der Waals surface area contributed by atoms with Gasteiger partial charge in [0.2, 0.25) is 0 Å². The van der Waals surface area contributed by atoms with Gasteiger partial charge < -0.3 is 10.2 Å². The topological polar surface area (TPSA) is 74.6 Å². The van der Waals surface area contributed by atoms with Gasteiger partial charge >= 0.3 is 11.9 Å². The Morgan fingerprint density at radius 2 is 1.29 bits per heavy atom. The lowest BCUT2D eigenvalue weighted by atomic mass is 9.90. The highest BCUT2D eigenvalue weighted by Gasteiger charge is 2.15. The summed E-state index contributed by atoms with van der Waals surface area (Å²) < 4.78 is 0. The number of hydrogen-bond acceptors (Lipinski definition) is 2. The van der Waals surface area contributed by atoms with Crippen molar-refractivity contribution in [2.75, 3.05) is 0 Å². The second kappa shape index (κ2) is 4.99. The van der Waals surface area contributed by atoms with E-state index in [1.54, 1.807) is 6.92 Å². The Morgan fingerprint density at radius 1 is 0.941 bits per heavy atom. The summed E-state index contributed by atoms with van der Waals surface area (Å²) in [7, 11) is 0. The van der Waals surface area contributed by atoms with E-state index in [0.717, 1.165) is 27.8 Å². The largest absolute Gasteiger partial charge is 0.481 e. The molecule has 0 aliphatic carbocycles. The predicted octanol–water partition coefficient (Wildman–Crippen LogP) is 1.87. The van der Waals surface area contributed by atoms with E-state index in [-0.39, 0.29) is 12.8 Å². The fourth-order valence-electron chi connectivity index (χ4n) is 2.12. The lowest BCUT2D eigenvalue weighted by Gasteiger charge is -2.15. The third-order valence-electron chi connectivity index (χ3n) is 2.95. The van der Waals surface area contributed by atoms with Crippen LogP contribution in [0.4, 0.5) is 0 Å². The van der Waals surface area contributed by atoms with Crippen LogP contribution in [0.5, 0.6) is 0 Å². The normalized spacial score (nSPS) is 10.3. The van der Waals surface area contributed by atoms with Gasteiger partial charge in [-0.15, -0.1) is 0 Å². The summed E-state index contributed by atoms with van der Waals surface area (Å²) in [5, 5.41) is 17.7. The first kappa shape index (κ1) is 13.2. The summed E-state index contributed by atoms with van der Waals surface area (Å²) in [5.74, 6) is -1.80. The van der Waals surface area contributed by atoms with Crippen molar-refractivity contribution >= 4 is 11.9 Å². The van der Waals surface area contributed by atoms with Gasteiger partial charge in [-0.3, -0.25) is 9.59 Å². The first-order valence-corrected chi connectivity index (χ1v) is 5.35. The minimum atomic E-state index is -0.902. The molecule has 4 nitrogen and oxygen atoms in total. The van der Waals surface area contributed by atoms with Crippen molar-refractivity contribution in [1.82, 2.24) is 0 Å². The van der Waals surface area contributed by atoms with Crippen LogP contribution in [0.25, 0.3) is 0 Å². The Balaban J connectivity index is 3.31. The molecule has 0 unspecified atom stereocenters. The van der Waals surface area contributed by atoms with E-state index in [4.69, 9.17) is 10.2 Å². The number of carbonyl (C=O) groups is 2. The van der Waals surface area contributed by atoms with E-state index >= 15 is 0 Å². The maximum atomic E-state index is 10.8.